The molecule has 0 unspecified atom stereocenters. The maximum atomic E-state index is 12.5. The number of amides is 2. The predicted octanol–water partition coefficient (Wildman–Crippen LogP) is 2.56. The van der Waals surface area contributed by atoms with Crippen molar-refractivity contribution in [3.05, 3.63) is 76.8 Å². The van der Waals surface area contributed by atoms with Crippen LogP contribution in [0.3, 0.4) is 0 Å². The first-order valence-electron chi connectivity index (χ1n) is 7.93. The summed E-state index contributed by atoms with van der Waals surface area (Å²) in [5.74, 6) is -0.904. The number of nitrogens with one attached hydrogen (secondary N) is 2. The molecule has 1 aromatic carbocycles. The Morgan fingerprint density at radius 1 is 1.12 bits per heavy atom. The Morgan fingerprint density at radius 2 is 1.92 bits per heavy atom. The van der Waals surface area contributed by atoms with Gasteiger partial charge in [0.25, 0.3) is 11.8 Å². The second-order valence-electron chi connectivity index (χ2n) is 5.40. The van der Waals surface area contributed by atoms with Gasteiger partial charge >= 0.3 is 0 Å². The predicted molar refractivity (Wildman–Crippen MR) is 97.1 cm³/mol. The van der Waals surface area contributed by atoms with E-state index < -0.39 is 11.8 Å². The standard InChI is InChI=1S/C18H16ClN5O2/c1-2-16-15(11-21-24(16)14-7-3-6-13(19)9-14)18(26)23-22-17(25)12-5-4-8-20-10-12/h3-11H,2H2,1H3,(H,22,25)(H,23,26). The van der Waals surface area contributed by atoms with Crippen molar-refractivity contribution in [1.82, 2.24) is 25.6 Å². The van der Waals surface area contributed by atoms with Crippen molar-refractivity contribution in [3.8, 4) is 5.69 Å². The Bertz CT molecular complexity index is 940. The van der Waals surface area contributed by atoms with Crippen molar-refractivity contribution in [2.45, 2.75) is 13.3 Å². The van der Waals surface area contributed by atoms with Gasteiger partial charge in [-0.2, -0.15) is 5.10 Å². The summed E-state index contributed by atoms with van der Waals surface area (Å²) in [4.78, 5) is 28.3. The number of aromatic nitrogens is 3. The second-order valence-corrected chi connectivity index (χ2v) is 5.84. The van der Waals surface area contributed by atoms with Crippen molar-refractivity contribution < 1.29 is 9.59 Å². The first-order valence-corrected chi connectivity index (χ1v) is 8.31. The SMILES string of the molecule is CCc1c(C(=O)NNC(=O)c2cccnc2)cnn1-c1cccc(Cl)c1. The van der Waals surface area contributed by atoms with Gasteiger partial charge in [-0.15, -0.1) is 0 Å². The van der Waals surface area contributed by atoms with Crippen molar-refractivity contribution in [3.63, 3.8) is 0 Å². The summed E-state index contributed by atoms with van der Waals surface area (Å²) in [7, 11) is 0. The number of carbonyl (C=O) groups excluding carboxylic acids is 2. The summed E-state index contributed by atoms with van der Waals surface area (Å²) in [5.41, 5.74) is 6.96. The molecule has 2 heterocycles. The summed E-state index contributed by atoms with van der Waals surface area (Å²) in [6.45, 7) is 1.92. The zero-order chi connectivity index (χ0) is 18.5. The highest BCUT2D eigenvalue weighted by Crippen LogP contribution is 2.19. The minimum atomic E-state index is -0.452. The number of hydrazine groups is 1. The van der Waals surface area contributed by atoms with Gasteiger partial charge in [0.2, 0.25) is 0 Å². The lowest BCUT2D eigenvalue weighted by atomic mass is 10.2. The molecule has 0 aliphatic carbocycles. The molecule has 3 aromatic rings. The quantitative estimate of drug-likeness (QED) is 0.692. The molecule has 0 saturated carbocycles. The minimum absolute atomic E-state index is 0.345. The Labute approximate surface area is 155 Å². The molecule has 2 amide bonds. The van der Waals surface area contributed by atoms with Gasteiger partial charge in [-0.05, 0) is 36.8 Å². The van der Waals surface area contributed by atoms with Gasteiger partial charge in [0.05, 0.1) is 28.7 Å². The van der Waals surface area contributed by atoms with E-state index in [2.05, 4.69) is 20.9 Å². The molecule has 3 rings (SSSR count). The van der Waals surface area contributed by atoms with Crippen LogP contribution in [0.25, 0.3) is 5.69 Å². The maximum absolute atomic E-state index is 12.5. The summed E-state index contributed by atoms with van der Waals surface area (Å²) in [6.07, 6.45) is 5.01. The molecule has 26 heavy (non-hydrogen) atoms. The molecule has 7 nitrogen and oxygen atoms in total. The Morgan fingerprint density at radius 3 is 2.62 bits per heavy atom. The maximum Gasteiger partial charge on any atom is 0.273 e. The van der Waals surface area contributed by atoms with Crippen LogP contribution in [-0.2, 0) is 6.42 Å². The third-order valence-electron chi connectivity index (χ3n) is 3.71. The van der Waals surface area contributed by atoms with E-state index in [0.717, 1.165) is 5.69 Å². The molecule has 132 valence electrons. The third-order valence-corrected chi connectivity index (χ3v) is 3.95. The van der Waals surface area contributed by atoms with Gasteiger partial charge in [0.1, 0.15) is 0 Å². The van der Waals surface area contributed by atoms with E-state index in [0.29, 0.717) is 28.3 Å². The van der Waals surface area contributed by atoms with Gasteiger partial charge in [-0.25, -0.2) is 4.68 Å². The smallest absolute Gasteiger partial charge is 0.267 e. The van der Waals surface area contributed by atoms with E-state index in [-0.39, 0.29) is 0 Å². The van der Waals surface area contributed by atoms with Crippen LogP contribution < -0.4 is 10.9 Å². The lowest BCUT2D eigenvalue weighted by Crippen LogP contribution is -2.41. The summed E-state index contributed by atoms with van der Waals surface area (Å²) < 4.78 is 1.66. The van der Waals surface area contributed by atoms with Crippen LogP contribution in [0.15, 0.2) is 55.0 Å². The van der Waals surface area contributed by atoms with Crippen LogP contribution in [0, 0.1) is 0 Å². The summed E-state index contributed by atoms with van der Waals surface area (Å²) in [5, 5.41) is 4.86. The molecule has 2 aromatic heterocycles. The molecule has 8 heteroatoms. The molecule has 0 atom stereocenters. The minimum Gasteiger partial charge on any atom is -0.267 e. The average molecular weight is 370 g/mol. The van der Waals surface area contributed by atoms with Crippen LogP contribution in [0.2, 0.25) is 5.02 Å². The van der Waals surface area contributed by atoms with Crippen molar-refractivity contribution in [1.29, 1.82) is 0 Å². The molecule has 0 bridgehead atoms. The number of carbonyl (C=O) groups is 2. The number of hydrogen-bond donors (Lipinski definition) is 2. The van der Waals surface area contributed by atoms with Gasteiger partial charge < -0.3 is 0 Å². The molecular formula is C18H16ClN5O2. The first-order chi connectivity index (χ1) is 12.6. The number of benzene rings is 1. The van der Waals surface area contributed by atoms with Gasteiger partial charge in [-0.3, -0.25) is 25.4 Å². The molecule has 0 fully saturated rings. The molecule has 0 aliphatic heterocycles. The Kier molecular flexibility index (Phi) is 5.28. The summed E-state index contributed by atoms with van der Waals surface area (Å²) >= 11 is 6.03. The van der Waals surface area contributed by atoms with Crippen LogP contribution in [0.5, 0.6) is 0 Å². The Hall–Kier alpha value is -3.19. The van der Waals surface area contributed by atoms with E-state index in [4.69, 9.17) is 11.6 Å². The molecule has 0 saturated heterocycles. The fourth-order valence-corrected chi connectivity index (χ4v) is 2.67. The van der Waals surface area contributed by atoms with E-state index in [1.54, 1.807) is 35.1 Å². The average Bonchev–Trinajstić information content (AvgIpc) is 3.10. The van der Waals surface area contributed by atoms with Crippen molar-refractivity contribution in [2.24, 2.45) is 0 Å². The zero-order valence-corrected chi connectivity index (χ0v) is 14.7. The Balaban J connectivity index is 1.77. The number of hydrogen-bond acceptors (Lipinski definition) is 4. The number of halogens is 1. The fraction of sp³-hybridized carbons (Fsp3) is 0.111. The highest BCUT2D eigenvalue weighted by molar-refractivity contribution is 6.30. The van der Waals surface area contributed by atoms with Crippen LogP contribution in [0.4, 0.5) is 0 Å². The molecule has 2 N–H and O–H groups in total. The normalized spacial score (nSPS) is 10.4. The highest BCUT2D eigenvalue weighted by Gasteiger charge is 2.18. The monoisotopic (exact) mass is 369 g/mol. The largest absolute Gasteiger partial charge is 0.273 e. The van der Waals surface area contributed by atoms with Gasteiger partial charge in [0, 0.05) is 17.4 Å². The van der Waals surface area contributed by atoms with Crippen LogP contribution in [-0.4, -0.2) is 26.6 Å². The fourth-order valence-electron chi connectivity index (χ4n) is 2.48. The van der Waals surface area contributed by atoms with Gasteiger partial charge in [0.15, 0.2) is 0 Å². The van der Waals surface area contributed by atoms with Crippen molar-refractivity contribution >= 4 is 23.4 Å². The van der Waals surface area contributed by atoms with Crippen LogP contribution >= 0.6 is 11.6 Å². The molecule has 0 aliphatic rings. The molecule has 0 radical (unpaired) electrons. The number of nitrogens with zero attached hydrogens (tertiary/aromatic N) is 3. The topological polar surface area (TPSA) is 88.9 Å². The third kappa shape index (κ3) is 3.73. The lowest BCUT2D eigenvalue weighted by Gasteiger charge is -2.09. The van der Waals surface area contributed by atoms with E-state index in [9.17, 15) is 9.59 Å². The summed E-state index contributed by atoms with van der Waals surface area (Å²) in [6, 6.07) is 10.4. The zero-order valence-electron chi connectivity index (χ0n) is 13.9. The van der Waals surface area contributed by atoms with Crippen molar-refractivity contribution in [2.75, 3.05) is 0 Å². The van der Waals surface area contributed by atoms with Crippen LogP contribution in [0.1, 0.15) is 33.3 Å². The lowest BCUT2D eigenvalue weighted by molar-refractivity contribution is 0.0846. The van der Waals surface area contributed by atoms with E-state index in [1.807, 2.05) is 19.1 Å². The second kappa shape index (κ2) is 7.79. The number of pyridine rings is 1. The van der Waals surface area contributed by atoms with E-state index in [1.165, 1.54) is 12.4 Å². The molecular weight excluding hydrogens is 354 g/mol. The highest BCUT2D eigenvalue weighted by atomic mass is 35.5. The van der Waals surface area contributed by atoms with Gasteiger partial charge in [-0.1, -0.05) is 24.6 Å². The first kappa shape index (κ1) is 17.6. The number of rotatable bonds is 4. The molecule has 0 spiro atoms. The van der Waals surface area contributed by atoms with E-state index >= 15 is 0 Å².